The van der Waals surface area contributed by atoms with Crippen molar-refractivity contribution in [2.75, 3.05) is 5.32 Å². The molecule has 0 saturated heterocycles. The molecule has 19 heavy (non-hydrogen) atoms. The predicted octanol–water partition coefficient (Wildman–Crippen LogP) is 3.02. The molecule has 0 bridgehead atoms. The summed E-state index contributed by atoms with van der Waals surface area (Å²) in [6.45, 7) is 0. The summed E-state index contributed by atoms with van der Waals surface area (Å²) in [7, 11) is 0. The van der Waals surface area contributed by atoms with Crippen LogP contribution < -0.4 is 5.32 Å². The van der Waals surface area contributed by atoms with E-state index in [2.05, 4.69) is 15.3 Å². The molecular weight excluding hydrogens is 276 g/mol. The number of benzene rings is 1. The third-order valence-electron chi connectivity index (χ3n) is 2.26. The molecule has 1 heterocycles. The molecular formula is C12H8ClF2N3O. The highest BCUT2D eigenvalue weighted by molar-refractivity contribution is 6.22. The number of halogens is 3. The Morgan fingerprint density at radius 3 is 2.58 bits per heavy atom. The first-order valence-electron chi connectivity index (χ1n) is 5.22. The zero-order chi connectivity index (χ0) is 13.9. The Balaban J connectivity index is 2.30. The summed E-state index contributed by atoms with van der Waals surface area (Å²) >= 11 is 4.91. The van der Waals surface area contributed by atoms with E-state index in [4.69, 9.17) is 11.6 Å². The molecule has 2 aromatic rings. The minimum atomic E-state index is -3.73. The Bertz CT molecular complexity index is 587. The minimum Gasteiger partial charge on any atom is -0.322 e. The molecule has 4 nitrogen and oxygen atoms in total. The minimum absolute atomic E-state index is 0.369. The average Bonchev–Trinajstić information content (AvgIpc) is 2.39. The number of nitrogens with one attached hydrogen (secondary N) is 1. The van der Waals surface area contributed by atoms with Gasteiger partial charge in [-0.25, -0.2) is 9.97 Å². The van der Waals surface area contributed by atoms with Gasteiger partial charge in [0.25, 0.3) is 5.91 Å². The zero-order valence-electron chi connectivity index (χ0n) is 9.48. The molecule has 0 aliphatic carbocycles. The predicted molar refractivity (Wildman–Crippen MR) is 66.2 cm³/mol. The lowest BCUT2D eigenvalue weighted by atomic mass is 10.2. The summed E-state index contributed by atoms with van der Waals surface area (Å²) in [4.78, 5) is 18.8. The van der Waals surface area contributed by atoms with Gasteiger partial charge in [-0.3, -0.25) is 4.79 Å². The first kappa shape index (κ1) is 13.4. The molecule has 0 fully saturated rings. The molecule has 1 aromatic carbocycles. The van der Waals surface area contributed by atoms with Gasteiger partial charge in [-0.15, -0.1) is 0 Å². The molecule has 0 radical (unpaired) electrons. The van der Waals surface area contributed by atoms with Crippen LogP contribution in [0.5, 0.6) is 0 Å². The number of hydrogen-bond donors (Lipinski definition) is 1. The highest BCUT2D eigenvalue weighted by atomic mass is 35.5. The summed E-state index contributed by atoms with van der Waals surface area (Å²) in [5.74, 6) is -0.748. The fourth-order valence-corrected chi connectivity index (χ4v) is 1.59. The summed E-state index contributed by atoms with van der Waals surface area (Å²) in [6.07, 6.45) is 1.90. The zero-order valence-corrected chi connectivity index (χ0v) is 10.2. The van der Waals surface area contributed by atoms with Gasteiger partial charge in [0.2, 0.25) is 0 Å². The van der Waals surface area contributed by atoms with Crippen LogP contribution in [0.25, 0.3) is 0 Å². The van der Waals surface area contributed by atoms with Gasteiger partial charge in [-0.1, -0.05) is 18.2 Å². The van der Waals surface area contributed by atoms with E-state index in [-0.39, 0.29) is 5.56 Å². The number of amides is 1. The first-order valence-corrected chi connectivity index (χ1v) is 5.60. The molecule has 0 spiro atoms. The third kappa shape index (κ3) is 3.23. The first-order chi connectivity index (χ1) is 8.98. The van der Waals surface area contributed by atoms with Crippen LogP contribution >= 0.6 is 11.6 Å². The van der Waals surface area contributed by atoms with Gasteiger partial charge in [0.05, 0.1) is 5.56 Å². The van der Waals surface area contributed by atoms with E-state index in [1.165, 1.54) is 0 Å². The molecule has 98 valence electrons. The maximum absolute atomic E-state index is 13.1. The molecule has 0 aliphatic heterocycles. The van der Waals surface area contributed by atoms with Gasteiger partial charge in [0, 0.05) is 11.9 Å². The van der Waals surface area contributed by atoms with Crippen LogP contribution in [-0.2, 0) is 5.38 Å². The Kier molecular flexibility index (Phi) is 3.71. The van der Waals surface area contributed by atoms with E-state index < -0.39 is 17.0 Å². The van der Waals surface area contributed by atoms with E-state index in [1.54, 1.807) is 30.3 Å². The lowest BCUT2D eigenvalue weighted by Gasteiger charge is -2.11. The van der Waals surface area contributed by atoms with Crippen molar-refractivity contribution in [1.29, 1.82) is 0 Å². The average molecular weight is 284 g/mol. The van der Waals surface area contributed by atoms with Gasteiger partial charge >= 0.3 is 5.38 Å². The molecule has 0 aliphatic rings. The van der Waals surface area contributed by atoms with Crippen molar-refractivity contribution in [2.45, 2.75) is 5.38 Å². The molecule has 0 atom stereocenters. The van der Waals surface area contributed by atoms with Crippen molar-refractivity contribution in [3.63, 3.8) is 0 Å². The van der Waals surface area contributed by atoms with Crippen molar-refractivity contribution < 1.29 is 13.6 Å². The van der Waals surface area contributed by atoms with Crippen LogP contribution in [0.2, 0.25) is 0 Å². The Morgan fingerprint density at radius 1 is 1.26 bits per heavy atom. The summed E-state index contributed by atoms with van der Waals surface area (Å²) < 4.78 is 26.2. The number of aromatic nitrogens is 2. The maximum Gasteiger partial charge on any atom is 0.365 e. The number of para-hydroxylation sites is 1. The fourth-order valence-electron chi connectivity index (χ4n) is 1.44. The highest BCUT2D eigenvalue weighted by Crippen LogP contribution is 2.32. The number of rotatable bonds is 3. The van der Waals surface area contributed by atoms with Crippen molar-refractivity contribution >= 4 is 23.2 Å². The van der Waals surface area contributed by atoms with Gasteiger partial charge < -0.3 is 5.32 Å². The molecule has 0 saturated carbocycles. The van der Waals surface area contributed by atoms with Crippen LogP contribution in [-0.4, -0.2) is 15.9 Å². The van der Waals surface area contributed by atoms with Gasteiger partial charge in [-0.2, -0.15) is 8.78 Å². The van der Waals surface area contributed by atoms with Crippen molar-refractivity contribution in [3.05, 3.63) is 54.1 Å². The second-order valence-electron chi connectivity index (χ2n) is 3.60. The smallest absolute Gasteiger partial charge is 0.322 e. The van der Waals surface area contributed by atoms with E-state index >= 15 is 0 Å². The highest BCUT2D eigenvalue weighted by Gasteiger charge is 2.34. The SMILES string of the molecule is O=C(Nc1ccccc1)c1cncnc1C(F)(F)Cl. The van der Waals surface area contributed by atoms with E-state index in [0.29, 0.717) is 5.69 Å². The summed E-state index contributed by atoms with van der Waals surface area (Å²) in [6, 6.07) is 8.42. The van der Waals surface area contributed by atoms with Crippen molar-refractivity contribution in [2.24, 2.45) is 0 Å². The van der Waals surface area contributed by atoms with E-state index in [9.17, 15) is 13.6 Å². The molecule has 2 rings (SSSR count). The summed E-state index contributed by atoms with van der Waals surface area (Å²) in [5, 5.41) is -1.27. The Morgan fingerprint density at radius 2 is 1.95 bits per heavy atom. The molecule has 1 aromatic heterocycles. The van der Waals surface area contributed by atoms with Gasteiger partial charge in [0.15, 0.2) is 0 Å². The van der Waals surface area contributed by atoms with Crippen LogP contribution in [0.3, 0.4) is 0 Å². The van der Waals surface area contributed by atoms with Crippen molar-refractivity contribution in [3.8, 4) is 0 Å². The number of carbonyl (C=O) groups excluding carboxylic acids is 1. The second-order valence-corrected chi connectivity index (χ2v) is 4.08. The van der Waals surface area contributed by atoms with Crippen LogP contribution in [0, 0.1) is 0 Å². The van der Waals surface area contributed by atoms with Gasteiger partial charge in [-0.05, 0) is 23.7 Å². The van der Waals surface area contributed by atoms with Gasteiger partial charge in [0.1, 0.15) is 12.0 Å². The fraction of sp³-hybridized carbons (Fsp3) is 0.0833. The second kappa shape index (κ2) is 5.27. The molecule has 0 unspecified atom stereocenters. The lowest BCUT2D eigenvalue weighted by Crippen LogP contribution is -2.20. The number of nitrogens with zero attached hydrogens (tertiary/aromatic N) is 2. The monoisotopic (exact) mass is 283 g/mol. The third-order valence-corrected chi connectivity index (χ3v) is 2.44. The number of carbonyl (C=O) groups is 1. The van der Waals surface area contributed by atoms with Crippen LogP contribution in [0.1, 0.15) is 16.1 Å². The largest absolute Gasteiger partial charge is 0.365 e. The Labute approximate surface area is 112 Å². The quantitative estimate of drug-likeness (QED) is 0.881. The van der Waals surface area contributed by atoms with E-state index in [1.807, 2.05) is 0 Å². The number of hydrogen-bond acceptors (Lipinski definition) is 3. The normalized spacial score (nSPS) is 11.1. The van der Waals surface area contributed by atoms with E-state index in [0.717, 1.165) is 12.5 Å². The van der Waals surface area contributed by atoms with Crippen LogP contribution in [0.15, 0.2) is 42.9 Å². The summed E-state index contributed by atoms with van der Waals surface area (Å²) in [5.41, 5.74) is -0.718. The maximum atomic E-state index is 13.1. The standard InChI is InChI=1S/C12H8ClF2N3O/c13-12(14,15)10-9(6-16-7-17-10)11(19)18-8-4-2-1-3-5-8/h1-7H,(H,18,19). The molecule has 1 N–H and O–H groups in total. The number of anilines is 1. The molecule has 1 amide bonds. The molecule has 7 heteroatoms. The Hall–Kier alpha value is -2.08. The number of alkyl halides is 3. The lowest BCUT2D eigenvalue weighted by molar-refractivity contribution is 0.0848. The van der Waals surface area contributed by atoms with Crippen molar-refractivity contribution in [1.82, 2.24) is 9.97 Å². The topological polar surface area (TPSA) is 54.9 Å². The van der Waals surface area contributed by atoms with Crippen LogP contribution in [0.4, 0.5) is 14.5 Å².